The number of anilines is 1. The van der Waals surface area contributed by atoms with Crippen LogP contribution in [0.4, 0.5) is 10.1 Å². The molecule has 3 heterocycles. The molecule has 6 nitrogen and oxygen atoms in total. The van der Waals surface area contributed by atoms with Gasteiger partial charge in [0.05, 0.1) is 23.6 Å². The number of carbonyl (C=O) groups is 1. The summed E-state index contributed by atoms with van der Waals surface area (Å²) in [6.07, 6.45) is 3.77. The summed E-state index contributed by atoms with van der Waals surface area (Å²) in [4.78, 5) is 12.3. The molecule has 4 aromatic rings. The number of amides is 1. The molecule has 26 heavy (non-hydrogen) atoms. The number of aromatic nitrogens is 4. The zero-order valence-corrected chi connectivity index (χ0v) is 13.6. The Labute approximate surface area is 147 Å². The van der Waals surface area contributed by atoms with Gasteiger partial charge in [0.2, 0.25) is 5.91 Å². The second kappa shape index (κ2) is 5.52. The van der Waals surface area contributed by atoms with E-state index in [4.69, 9.17) is 0 Å². The van der Waals surface area contributed by atoms with Gasteiger partial charge in [0.1, 0.15) is 5.82 Å². The van der Waals surface area contributed by atoms with Gasteiger partial charge in [-0.3, -0.25) is 15.0 Å². The van der Waals surface area contributed by atoms with E-state index >= 15 is 0 Å². The van der Waals surface area contributed by atoms with E-state index in [0.29, 0.717) is 12.0 Å². The lowest BCUT2D eigenvalue weighted by Crippen LogP contribution is -2.23. The fourth-order valence-corrected chi connectivity index (χ4v) is 3.61. The van der Waals surface area contributed by atoms with Crippen molar-refractivity contribution >= 4 is 22.5 Å². The number of aromatic amines is 2. The number of benzene rings is 2. The van der Waals surface area contributed by atoms with Gasteiger partial charge < -0.3 is 5.32 Å². The highest BCUT2D eigenvalue weighted by atomic mass is 19.1. The summed E-state index contributed by atoms with van der Waals surface area (Å²) >= 11 is 0. The van der Waals surface area contributed by atoms with E-state index in [1.807, 2.05) is 18.2 Å². The van der Waals surface area contributed by atoms with Crippen LogP contribution in [0, 0.1) is 5.82 Å². The van der Waals surface area contributed by atoms with E-state index in [0.717, 1.165) is 33.4 Å². The molecule has 2 aromatic carbocycles. The van der Waals surface area contributed by atoms with Gasteiger partial charge in [0.25, 0.3) is 0 Å². The van der Waals surface area contributed by atoms with Crippen molar-refractivity contribution in [1.29, 1.82) is 0 Å². The summed E-state index contributed by atoms with van der Waals surface area (Å²) in [6.45, 7) is 0. The van der Waals surface area contributed by atoms with Crippen LogP contribution in [0.15, 0.2) is 48.8 Å². The van der Waals surface area contributed by atoms with Gasteiger partial charge >= 0.3 is 0 Å². The third-order valence-electron chi connectivity index (χ3n) is 4.81. The van der Waals surface area contributed by atoms with Gasteiger partial charge in [0.15, 0.2) is 0 Å². The van der Waals surface area contributed by atoms with E-state index in [1.165, 1.54) is 12.1 Å². The summed E-state index contributed by atoms with van der Waals surface area (Å²) in [6, 6.07) is 10.3. The van der Waals surface area contributed by atoms with Gasteiger partial charge in [-0.05, 0) is 29.8 Å². The van der Waals surface area contributed by atoms with Crippen LogP contribution < -0.4 is 5.32 Å². The topological polar surface area (TPSA) is 86.5 Å². The third-order valence-corrected chi connectivity index (χ3v) is 4.81. The summed E-state index contributed by atoms with van der Waals surface area (Å²) in [5, 5.41) is 18.0. The molecule has 128 valence electrons. The zero-order valence-electron chi connectivity index (χ0n) is 13.6. The number of nitrogens with one attached hydrogen (secondary N) is 3. The van der Waals surface area contributed by atoms with Crippen molar-refractivity contribution in [3.8, 4) is 11.3 Å². The Hall–Kier alpha value is -3.48. The van der Waals surface area contributed by atoms with Crippen molar-refractivity contribution < 1.29 is 9.18 Å². The number of hydrogen-bond acceptors (Lipinski definition) is 3. The molecule has 7 heteroatoms. The lowest BCUT2D eigenvalue weighted by Gasteiger charge is -2.26. The van der Waals surface area contributed by atoms with Gasteiger partial charge in [0, 0.05) is 34.5 Å². The average molecular weight is 347 g/mol. The van der Waals surface area contributed by atoms with Gasteiger partial charge in [-0.1, -0.05) is 12.1 Å². The molecule has 1 unspecified atom stereocenters. The zero-order chi connectivity index (χ0) is 17.7. The first-order chi connectivity index (χ1) is 12.7. The normalized spacial score (nSPS) is 16.5. The predicted octanol–water partition coefficient (Wildman–Crippen LogP) is 3.57. The van der Waals surface area contributed by atoms with Crippen LogP contribution >= 0.6 is 0 Å². The largest absolute Gasteiger partial charge is 0.326 e. The van der Waals surface area contributed by atoms with Crippen molar-refractivity contribution in [1.82, 2.24) is 20.4 Å². The standard InChI is InChI=1S/C19H14FN5O/c20-12-3-1-2-10(4-12)19-15(9-22-25-19)13-6-18(26)23-17-7-16-11(5-14(13)17)8-21-24-16/h1-5,7-9,13H,6H2,(H,21,24)(H,22,25)(H,23,26). The van der Waals surface area contributed by atoms with Crippen molar-refractivity contribution in [2.45, 2.75) is 12.3 Å². The van der Waals surface area contributed by atoms with E-state index in [9.17, 15) is 9.18 Å². The molecule has 0 aliphatic carbocycles. The minimum Gasteiger partial charge on any atom is -0.326 e. The monoisotopic (exact) mass is 347 g/mol. The molecular formula is C19H14FN5O. The fraction of sp³-hybridized carbons (Fsp3) is 0.105. The number of rotatable bonds is 2. The van der Waals surface area contributed by atoms with Crippen LogP contribution in [0.1, 0.15) is 23.5 Å². The molecule has 3 N–H and O–H groups in total. The minimum atomic E-state index is -0.315. The first-order valence-corrected chi connectivity index (χ1v) is 8.25. The fourth-order valence-electron chi connectivity index (χ4n) is 3.61. The first-order valence-electron chi connectivity index (χ1n) is 8.25. The Morgan fingerprint density at radius 2 is 1.92 bits per heavy atom. The Balaban J connectivity index is 1.68. The number of nitrogens with zero attached hydrogens (tertiary/aromatic N) is 2. The highest BCUT2D eigenvalue weighted by Gasteiger charge is 2.30. The van der Waals surface area contributed by atoms with Crippen molar-refractivity contribution in [3.05, 3.63) is 65.7 Å². The Morgan fingerprint density at radius 1 is 1.04 bits per heavy atom. The second-order valence-corrected chi connectivity index (χ2v) is 6.41. The second-order valence-electron chi connectivity index (χ2n) is 6.41. The SMILES string of the molecule is O=C1CC(c2cn[nH]c2-c2cccc(F)c2)c2cc3cn[nH]c3cc2N1. The van der Waals surface area contributed by atoms with Gasteiger partial charge in [-0.25, -0.2) is 4.39 Å². The number of H-pyrrole nitrogens is 2. The number of halogens is 1. The third kappa shape index (κ3) is 2.28. The van der Waals surface area contributed by atoms with Crippen LogP contribution in [-0.4, -0.2) is 26.3 Å². The van der Waals surface area contributed by atoms with Crippen LogP contribution in [0.25, 0.3) is 22.2 Å². The maximum absolute atomic E-state index is 13.7. The van der Waals surface area contributed by atoms with Gasteiger partial charge in [-0.15, -0.1) is 0 Å². The summed E-state index contributed by atoms with van der Waals surface area (Å²) in [5.41, 5.74) is 4.92. The molecule has 0 bridgehead atoms. The van der Waals surface area contributed by atoms with E-state index in [1.54, 1.807) is 18.5 Å². The first kappa shape index (κ1) is 14.8. The maximum atomic E-state index is 13.7. The molecule has 2 aromatic heterocycles. The Bertz CT molecular complexity index is 1150. The molecule has 1 amide bonds. The maximum Gasteiger partial charge on any atom is 0.225 e. The van der Waals surface area contributed by atoms with Crippen LogP contribution in [0.2, 0.25) is 0 Å². The lowest BCUT2D eigenvalue weighted by atomic mass is 9.83. The molecule has 1 aliphatic heterocycles. The Morgan fingerprint density at radius 3 is 2.81 bits per heavy atom. The van der Waals surface area contributed by atoms with E-state index < -0.39 is 0 Å². The van der Waals surface area contributed by atoms with Gasteiger partial charge in [-0.2, -0.15) is 10.2 Å². The van der Waals surface area contributed by atoms with E-state index in [-0.39, 0.29) is 17.6 Å². The molecule has 0 fully saturated rings. The molecule has 1 aliphatic rings. The summed E-state index contributed by atoms with van der Waals surface area (Å²) in [5.74, 6) is -0.548. The van der Waals surface area contributed by atoms with Crippen molar-refractivity contribution in [3.63, 3.8) is 0 Å². The molecular weight excluding hydrogens is 333 g/mol. The highest BCUT2D eigenvalue weighted by molar-refractivity contribution is 5.98. The molecule has 0 spiro atoms. The number of fused-ring (bicyclic) bond motifs is 2. The quantitative estimate of drug-likeness (QED) is 0.518. The van der Waals surface area contributed by atoms with Crippen LogP contribution in [-0.2, 0) is 4.79 Å². The van der Waals surface area contributed by atoms with Crippen LogP contribution in [0.3, 0.4) is 0 Å². The Kier molecular flexibility index (Phi) is 3.15. The average Bonchev–Trinajstić information content (AvgIpc) is 3.28. The molecule has 0 radical (unpaired) electrons. The minimum absolute atomic E-state index is 0.0623. The van der Waals surface area contributed by atoms with Crippen molar-refractivity contribution in [2.24, 2.45) is 0 Å². The van der Waals surface area contributed by atoms with Crippen molar-refractivity contribution in [2.75, 3.05) is 5.32 Å². The van der Waals surface area contributed by atoms with E-state index in [2.05, 4.69) is 25.7 Å². The summed E-state index contributed by atoms with van der Waals surface area (Å²) < 4.78 is 13.7. The number of carbonyl (C=O) groups excluding carboxylic acids is 1. The highest BCUT2D eigenvalue weighted by Crippen LogP contribution is 2.41. The lowest BCUT2D eigenvalue weighted by molar-refractivity contribution is -0.116. The molecule has 1 atom stereocenters. The smallest absolute Gasteiger partial charge is 0.225 e. The molecule has 0 saturated heterocycles. The summed E-state index contributed by atoms with van der Waals surface area (Å²) in [7, 11) is 0. The molecule has 0 saturated carbocycles. The molecule has 5 rings (SSSR count). The van der Waals surface area contributed by atoms with Crippen LogP contribution in [0.5, 0.6) is 0 Å². The number of hydrogen-bond donors (Lipinski definition) is 3. The predicted molar refractivity (Wildman–Crippen MR) is 95.2 cm³/mol.